The Morgan fingerprint density at radius 3 is 2.75 bits per heavy atom. The zero-order chi connectivity index (χ0) is 11.7. The van der Waals surface area contributed by atoms with Crippen molar-refractivity contribution in [3.05, 3.63) is 34.9 Å². The molecule has 0 spiro atoms. The largest absolute Gasteiger partial charge is 0.378 e. The second kappa shape index (κ2) is 4.89. The summed E-state index contributed by atoms with van der Waals surface area (Å²) in [6.07, 6.45) is 1.52. The molecule has 2 rings (SSSR count). The number of benzene rings is 1. The van der Waals surface area contributed by atoms with Crippen molar-refractivity contribution >= 4 is 15.9 Å². The van der Waals surface area contributed by atoms with Crippen LogP contribution in [0.2, 0.25) is 0 Å². The smallest absolute Gasteiger partial charge is 0.0589 e. The zero-order valence-corrected chi connectivity index (χ0v) is 11.8. The van der Waals surface area contributed by atoms with E-state index in [4.69, 9.17) is 4.74 Å². The van der Waals surface area contributed by atoms with Gasteiger partial charge in [0.25, 0.3) is 0 Å². The molecular formula is C14H19BrO. The van der Waals surface area contributed by atoms with Crippen molar-refractivity contribution in [3.63, 3.8) is 0 Å². The number of hydrogen-bond donors (Lipinski definition) is 0. The molecule has 1 aliphatic heterocycles. The van der Waals surface area contributed by atoms with E-state index in [0.717, 1.165) is 13.0 Å². The average Bonchev–Trinajstić information content (AvgIpc) is 2.67. The first kappa shape index (κ1) is 12.1. The molecular weight excluding hydrogens is 264 g/mol. The van der Waals surface area contributed by atoms with Crippen molar-refractivity contribution in [3.8, 4) is 0 Å². The molecule has 0 aromatic heterocycles. The summed E-state index contributed by atoms with van der Waals surface area (Å²) in [5, 5.41) is 0. The van der Waals surface area contributed by atoms with Gasteiger partial charge in [0.15, 0.2) is 0 Å². The lowest BCUT2D eigenvalue weighted by Crippen LogP contribution is -2.17. The van der Waals surface area contributed by atoms with Gasteiger partial charge < -0.3 is 4.74 Å². The fourth-order valence-electron chi connectivity index (χ4n) is 2.42. The van der Waals surface area contributed by atoms with Crippen LogP contribution < -0.4 is 0 Å². The molecule has 0 amide bonds. The van der Waals surface area contributed by atoms with E-state index >= 15 is 0 Å². The third-order valence-corrected chi connectivity index (χ3v) is 4.71. The van der Waals surface area contributed by atoms with Gasteiger partial charge >= 0.3 is 0 Å². The Kier molecular flexibility index (Phi) is 3.70. The molecule has 1 fully saturated rings. The number of hydrogen-bond acceptors (Lipinski definition) is 1. The Morgan fingerprint density at radius 1 is 1.38 bits per heavy atom. The molecule has 88 valence electrons. The first-order valence-electron chi connectivity index (χ1n) is 5.92. The third kappa shape index (κ3) is 2.33. The van der Waals surface area contributed by atoms with E-state index in [0.29, 0.717) is 16.8 Å². The minimum atomic E-state index is 0.365. The summed E-state index contributed by atoms with van der Waals surface area (Å²) in [6, 6.07) is 6.67. The van der Waals surface area contributed by atoms with Crippen molar-refractivity contribution in [2.45, 2.75) is 38.1 Å². The van der Waals surface area contributed by atoms with Crippen molar-refractivity contribution in [2.24, 2.45) is 5.92 Å². The zero-order valence-electron chi connectivity index (χ0n) is 10.2. The molecule has 1 heterocycles. The molecule has 2 heteroatoms. The van der Waals surface area contributed by atoms with Crippen LogP contribution >= 0.6 is 15.9 Å². The average molecular weight is 283 g/mol. The molecule has 0 saturated carbocycles. The summed E-state index contributed by atoms with van der Waals surface area (Å²) in [5.74, 6) is 0.598. The Morgan fingerprint density at radius 2 is 2.12 bits per heavy atom. The van der Waals surface area contributed by atoms with E-state index in [1.807, 2.05) is 0 Å². The lowest BCUT2D eigenvalue weighted by Gasteiger charge is -2.22. The molecule has 1 saturated heterocycles. The number of ether oxygens (including phenoxy) is 1. The van der Waals surface area contributed by atoms with Crippen molar-refractivity contribution < 1.29 is 4.74 Å². The molecule has 1 aromatic carbocycles. The van der Waals surface area contributed by atoms with Gasteiger partial charge in [-0.1, -0.05) is 39.7 Å². The Balaban J connectivity index is 2.25. The van der Waals surface area contributed by atoms with E-state index in [-0.39, 0.29) is 0 Å². The molecule has 3 atom stereocenters. The highest BCUT2D eigenvalue weighted by Gasteiger charge is 2.31. The maximum absolute atomic E-state index is 5.65. The molecule has 1 aromatic rings. The number of alkyl halides is 1. The highest BCUT2D eigenvalue weighted by Crippen LogP contribution is 2.40. The predicted octanol–water partition coefficient (Wildman–Crippen LogP) is 4.16. The first-order valence-corrected chi connectivity index (χ1v) is 6.84. The predicted molar refractivity (Wildman–Crippen MR) is 71.1 cm³/mol. The van der Waals surface area contributed by atoms with Crippen molar-refractivity contribution in [1.82, 2.24) is 0 Å². The number of aryl methyl sites for hydroxylation is 2. The van der Waals surface area contributed by atoms with Crippen LogP contribution in [0.15, 0.2) is 18.2 Å². The fourth-order valence-corrected chi connectivity index (χ4v) is 3.61. The summed E-state index contributed by atoms with van der Waals surface area (Å²) in [5.41, 5.74) is 4.12. The van der Waals surface area contributed by atoms with Gasteiger partial charge in [0, 0.05) is 17.4 Å². The Labute approximate surface area is 106 Å². The van der Waals surface area contributed by atoms with Gasteiger partial charge in [-0.25, -0.2) is 0 Å². The topological polar surface area (TPSA) is 9.23 Å². The maximum atomic E-state index is 5.65. The second-order valence-corrected chi connectivity index (χ2v) is 5.78. The van der Waals surface area contributed by atoms with Gasteiger partial charge in [0.2, 0.25) is 0 Å². The van der Waals surface area contributed by atoms with E-state index < -0.39 is 0 Å². The van der Waals surface area contributed by atoms with Crippen LogP contribution in [0.5, 0.6) is 0 Å². The summed E-state index contributed by atoms with van der Waals surface area (Å²) in [6.45, 7) is 7.41. The second-order valence-electron chi connectivity index (χ2n) is 4.79. The monoisotopic (exact) mass is 282 g/mol. The van der Waals surface area contributed by atoms with Crippen LogP contribution in [-0.2, 0) is 4.74 Å². The van der Waals surface area contributed by atoms with Gasteiger partial charge in [-0.05, 0) is 38.3 Å². The standard InChI is InChI=1S/C14H19BrO/c1-9-4-5-10(2)13(8-9)14(15)12-6-7-16-11(12)3/h4-5,8,11-12,14H,6-7H2,1-3H3. The Bertz CT molecular complexity index is 375. The molecule has 1 aliphatic rings. The molecule has 0 bridgehead atoms. The third-order valence-electron chi connectivity index (χ3n) is 3.54. The van der Waals surface area contributed by atoms with Crippen LogP contribution in [-0.4, -0.2) is 12.7 Å². The van der Waals surface area contributed by atoms with Crippen LogP contribution in [0.25, 0.3) is 0 Å². The van der Waals surface area contributed by atoms with Gasteiger partial charge in [-0.2, -0.15) is 0 Å². The summed E-state index contributed by atoms with van der Waals surface area (Å²) < 4.78 is 5.65. The normalized spacial score (nSPS) is 27.0. The van der Waals surface area contributed by atoms with E-state index in [9.17, 15) is 0 Å². The van der Waals surface area contributed by atoms with Crippen LogP contribution in [0.1, 0.15) is 34.9 Å². The summed E-state index contributed by atoms with van der Waals surface area (Å²) >= 11 is 3.86. The fraction of sp³-hybridized carbons (Fsp3) is 0.571. The number of halogens is 1. The first-order chi connectivity index (χ1) is 7.59. The van der Waals surface area contributed by atoms with Crippen molar-refractivity contribution in [2.75, 3.05) is 6.61 Å². The molecule has 3 unspecified atom stereocenters. The number of rotatable bonds is 2. The van der Waals surface area contributed by atoms with Crippen molar-refractivity contribution in [1.29, 1.82) is 0 Å². The van der Waals surface area contributed by atoms with Gasteiger partial charge in [-0.15, -0.1) is 0 Å². The quantitative estimate of drug-likeness (QED) is 0.740. The van der Waals surface area contributed by atoms with Crippen LogP contribution in [0, 0.1) is 19.8 Å². The summed E-state index contributed by atoms with van der Waals surface area (Å²) in [4.78, 5) is 0.421. The highest BCUT2D eigenvalue weighted by molar-refractivity contribution is 9.09. The minimum absolute atomic E-state index is 0.365. The lowest BCUT2D eigenvalue weighted by atomic mass is 9.91. The van der Waals surface area contributed by atoms with Gasteiger partial charge in [0.05, 0.1) is 6.10 Å². The van der Waals surface area contributed by atoms with Gasteiger partial charge in [0.1, 0.15) is 0 Å². The van der Waals surface area contributed by atoms with Crippen LogP contribution in [0.3, 0.4) is 0 Å². The molecule has 1 nitrogen and oxygen atoms in total. The minimum Gasteiger partial charge on any atom is -0.378 e. The van der Waals surface area contributed by atoms with Crippen LogP contribution in [0.4, 0.5) is 0 Å². The molecule has 0 N–H and O–H groups in total. The molecule has 16 heavy (non-hydrogen) atoms. The highest BCUT2D eigenvalue weighted by atomic mass is 79.9. The SMILES string of the molecule is Cc1ccc(C)c(C(Br)C2CCOC2C)c1. The van der Waals surface area contributed by atoms with E-state index in [1.165, 1.54) is 16.7 Å². The maximum Gasteiger partial charge on any atom is 0.0589 e. The van der Waals surface area contributed by atoms with E-state index in [1.54, 1.807) is 0 Å². The van der Waals surface area contributed by atoms with Gasteiger partial charge in [-0.3, -0.25) is 0 Å². The molecule has 0 aliphatic carbocycles. The molecule has 0 radical (unpaired) electrons. The Hall–Kier alpha value is -0.340. The summed E-state index contributed by atoms with van der Waals surface area (Å²) in [7, 11) is 0. The van der Waals surface area contributed by atoms with E-state index in [2.05, 4.69) is 54.9 Å². The lowest BCUT2D eigenvalue weighted by molar-refractivity contribution is 0.105.